The van der Waals surface area contributed by atoms with Crippen LogP contribution in [0.25, 0.3) is 0 Å². The van der Waals surface area contributed by atoms with Gasteiger partial charge in [0.2, 0.25) is 0 Å². The third kappa shape index (κ3) is 2.63. The molecule has 98 valence electrons. The molecule has 0 aromatic heterocycles. The highest BCUT2D eigenvalue weighted by atomic mass is 16.4. The molecule has 1 heterocycles. The predicted octanol–water partition coefficient (Wildman–Crippen LogP) is 1.09. The molecule has 1 aromatic carbocycles. The van der Waals surface area contributed by atoms with Crippen molar-refractivity contribution < 1.29 is 15.0 Å². The number of benzene rings is 1. The minimum Gasteiger partial charge on any atom is -0.507 e. The number of piperidine rings is 1. The Labute approximate surface area is 106 Å². The molecule has 0 amide bonds. The van der Waals surface area contributed by atoms with Gasteiger partial charge in [0.1, 0.15) is 11.3 Å². The Kier molecular flexibility index (Phi) is 3.84. The number of carbonyl (C=O) groups is 1. The fraction of sp³-hybridized carbons (Fsp3) is 0.462. The van der Waals surface area contributed by atoms with E-state index in [0.29, 0.717) is 5.92 Å². The first-order valence-corrected chi connectivity index (χ1v) is 6.12. The fourth-order valence-corrected chi connectivity index (χ4v) is 2.41. The summed E-state index contributed by atoms with van der Waals surface area (Å²) in [4.78, 5) is 11.0. The van der Waals surface area contributed by atoms with Gasteiger partial charge < -0.3 is 21.3 Å². The Morgan fingerprint density at radius 3 is 2.67 bits per heavy atom. The van der Waals surface area contributed by atoms with E-state index in [-0.39, 0.29) is 17.4 Å². The molecule has 2 rings (SSSR count). The lowest BCUT2D eigenvalue weighted by Gasteiger charge is -2.28. The highest BCUT2D eigenvalue weighted by Crippen LogP contribution is 2.29. The van der Waals surface area contributed by atoms with Crippen LogP contribution in [0.15, 0.2) is 18.2 Å². The summed E-state index contributed by atoms with van der Waals surface area (Å²) in [7, 11) is 0. The molecule has 1 aromatic rings. The van der Waals surface area contributed by atoms with E-state index in [1.54, 1.807) is 6.07 Å². The van der Waals surface area contributed by atoms with Gasteiger partial charge >= 0.3 is 5.97 Å². The summed E-state index contributed by atoms with van der Waals surface area (Å²) in [5.74, 6) is -0.993. The lowest BCUT2D eigenvalue weighted by molar-refractivity contribution is 0.0693. The Morgan fingerprint density at radius 2 is 2.06 bits per heavy atom. The molecule has 0 unspecified atom stereocenters. The van der Waals surface area contributed by atoms with Crippen molar-refractivity contribution in [3.8, 4) is 5.75 Å². The summed E-state index contributed by atoms with van der Waals surface area (Å²) in [6.07, 6.45) is 1.98. The van der Waals surface area contributed by atoms with Gasteiger partial charge in [-0.2, -0.15) is 0 Å². The van der Waals surface area contributed by atoms with Crippen molar-refractivity contribution in [2.24, 2.45) is 11.7 Å². The van der Waals surface area contributed by atoms with Gasteiger partial charge in [-0.05, 0) is 49.5 Å². The minimum atomic E-state index is -1.13. The van der Waals surface area contributed by atoms with Crippen LogP contribution < -0.4 is 11.1 Å². The van der Waals surface area contributed by atoms with E-state index in [2.05, 4.69) is 5.32 Å². The summed E-state index contributed by atoms with van der Waals surface area (Å²) in [6, 6.07) is 4.41. The summed E-state index contributed by atoms with van der Waals surface area (Å²) < 4.78 is 0. The molecule has 18 heavy (non-hydrogen) atoms. The topological polar surface area (TPSA) is 95.6 Å². The van der Waals surface area contributed by atoms with Crippen molar-refractivity contribution in [2.75, 3.05) is 13.1 Å². The lowest BCUT2D eigenvalue weighted by atomic mass is 9.86. The van der Waals surface area contributed by atoms with Gasteiger partial charge in [-0.1, -0.05) is 6.07 Å². The smallest absolute Gasteiger partial charge is 0.339 e. The second-order valence-corrected chi connectivity index (χ2v) is 4.69. The molecule has 0 saturated carbocycles. The number of nitrogens with one attached hydrogen (secondary N) is 1. The SMILES string of the molecule is N[C@@H](c1ccc(O)c(C(=O)O)c1)C1CCNCC1. The Morgan fingerprint density at radius 1 is 1.39 bits per heavy atom. The van der Waals surface area contributed by atoms with E-state index >= 15 is 0 Å². The summed E-state index contributed by atoms with van der Waals surface area (Å²) in [5.41, 5.74) is 6.88. The molecular formula is C13H18N2O3. The number of hydrogen-bond donors (Lipinski definition) is 4. The Bertz CT molecular complexity index is 442. The lowest BCUT2D eigenvalue weighted by Crippen LogP contribution is -2.33. The first-order chi connectivity index (χ1) is 8.59. The highest BCUT2D eigenvalue weighted by molar-refractivity contribution is 5.90. The van der Waals surface area contributed by atoms with Crippen LogP contribution in [-0.2, 0) is 0 Å². The Hall–Kier alpha value is -1.59. The van der Waals surface area contributed by atoms with Crippen molar-refractivity contribution >= 4 is 5.97 Å². The van der Waals surface area contributed by atoms with E-state index in [1.165, 1.54) is 12.1 Å². The molecule has 1 atom stereocenters. The standard InChI is InChI=1S/C13H18N2O3/c14-12(8-3-5-15-6-4-8)9-1-2-11(16)10(7-9)13(17)18/h1-2,7-8,12,15-16H,3-6,14H2,(H,17,18)/t12-/m1/s1. The maximum atomic E-state index is 11.0. The fourth-order valence-electron chi connectivity index (χ4n) is 2.41. The number of nitrogens with two attached hydrogens (primary N) is 1. The van der Waals surface area contributed by atoms with Gasteiger partial charge in [-0.3, -0.25) is 0 Å². The largest absolute Gasteiger partial charge is 0.507 e. The molecule has 0 spiro atoms. The molecule has 5 heteroatoms. The van der Waals surface area contributed by atoms with E-state index in [4.69, 9.17) is 10.8 Å². The van der Waals surface area contributed by atoms with Crippen LogP contribution >= 0.6 is 0 Å². The summed E-state index contributed by atoms with van der Waals surface area (Å²) in [6.45, 7) is 1.89. The maximum absolute atomic E-state index is 11.0. The quantitative estimate of drug-likeness (QED) is 0.644. The van der Waals surface area contributed by atoms with E-state index < -0.39 is 5.97 Å². The van der Waals surface area contributed by atoms with Crippen LogP contribution in [-0.4, -0.2) is 29.3 Å². The third-order valence-electron chi connectivity index (χ3n) is 3.53. The average Bonchev–Trinajstić information content (AvgIpc) is 2.39. The van der Waals surface area contributed by atoms with Crippen molar-refractivity contribution in [1.82, 2.24) is 5.32 Å². The van der Waals surface area contributed by atoms with Crippen LogP contribution in [0, 0.1) is 5.92 Å². The van der Waals surface area contributed by atoms with Crippen molar-refractivity contribution in [3.05, 3.63) is 29.3 Å². The van der Waals surface area contributed by atoms with Crippen LogP contribution in [0.3, 0.4) is 0 Å². The third-order valence-corrected chi connectivity index (χ3v) is 3.53. The van der Waals surface area contributed by atoms with Crippen molar-refractivity contribution in [2.45, 2.75) is 18.9 Å². The van der Waals surface area contributed by atoms with Gasteiger partial charge in [0.15, 0.2) is 0 Å². The number of phenols is 1. The zero-order chi connectivity index (χ0) is 13.1. The molecule has 1 aliphatic rings. The van der Waals surface area contributed by atoms with Crippen LogP contribution in [0.1, 0.15) is 34.8 Å². The first kappa shape index (κ1) is 12.9. The molecular weight excluding hydrogens is 232 g/mol. The van der Waals surface area contributed by atoms with Crippen molar-refractivity contribution in [3.63, 3.8) is 0 Å². The van der Waals surface area contributed by atoms with Gasteiger partial charge in [0, 0.05) is 6.04 Å². The van der Waals surface area contributed by atoms with Crippen LogP contribution in [0.4, 0.5) is 0 Å². The number of carboxylic acids is 1. The van der Waals surface area contributed by atoms with Gasteiger partial charge in [-0.15, -0.1) is 0 Å². The van der Waals surface area contributed by atoms with Gasteiger partial charge in [0.25, 0.3) is 0 Å². The number of aromatic hydroxyl groups is 1. The molecule has 0 bridgehead atoms. The van der Waals surface area contributed by atoms with Gasteiger partial charge in [0.05, 0.1) is 0 Å². The zero-order valence-corrected chi connectivity index (χ0v) is 10.1. The normalized spacial score (nSPS) is 18.5. The summed E-state index contributed by atoms with van der Waals surface area (Å²) in [5, 5.41) is 21.7. The van der Waals surface area contributed by atoms with Gasteiger partial charge in [-0.25, -0.2) is 4.79 Å². The highest BCUT2D eigenvalue weighted by Gasteiger charge is 2.23. The molecule has 1 aliphatic heterocycles. The van der Waals surface area contributed by atoms with Crippen LogP contribution in [0.5, 0.6) is 5.75 Å². The predicted molar refractivity (Wildman–Crippen MR) is 67.6 cm³/mol. The second-order valence-electron chi connectivity index (χ2n) is 4.69. The van der Waals surface area contributed by atoms with E-state index in [1.807, 2.05) is 0 Å². The Balaban J connectivity index is 2.21. The maximum Gasteiger partial charge on any atom is 0.339 e. The number of hydrogen-bond acceptors (Lipinski definition) is 4. The molecule has 0 radical (unpaired) electrons. The molecule has 5 nitrogen and oxygen atoms in total. The first-order valence-electron chi connectivity index (χ1n) is 6.12. The molecule has 1 fully saturated rings. The monoisotopic (exact) mass is 250 g/mol. The van der Waals surface area contributed by atoms with E-state index in [0.717, 1.165) is 31.5 Å². The summed E-state index contributed by atoms with van der Waals surface area (Å²) >= 11 is 0. The average molecular weight is 250 g/mol. The number of carboxylic acid groups (broad SMARTS) is 1. The number of aromatic carboxylic acids is 1. The minimum absolute atomic E-state index is 0.0862. The molecule has 0 aliphatic carbocycles. The van der Waals surface area contributed by atoms with Crippen molar-refractivity contribution in [1.29, 1.82) is 0 Å². The second kappa shape index (κ2) is 5.37. The van der Waals surface area contributed by atoms with E-state index in [9.17, 15) is 9.90 Å². The van der Waals surface area contributed by atoms with Crippen LogP contribution in [0.2, 0.25) is 0 Å². The molecule has 5 N–H and O–H groups in total. The number of rotatable bonds is 3. The zero-order valence-electron chi connectivity index (χ0n) is 10.1. The molecule has 1 saturated heterocycles.